The zero-order valence-corrected chi connectivity index (χ0v) is 20.5. The molecule has 186 valence electrons. The highest BCUT2D eigenvalue weighted by molar-refractivity contribution is 6.29. The summed E-state index contributed by atoms with van der Waals surface area (Å²) in [5, 5.41) is 13.6. The van der Waals surface area contributed by atoms with Gasteiger partial charge in [-0.05, 0) is 47.5 Å². The molecule has 0 atom stereocenters. The van der Waals surface area contributed by atoms with Gasteiger partial charge in [0.25, 0.3) is 0 Å². The third kappa shape index (κ3) is 5.24. The second-order valence-corrected chi connectivity index (χ2v) is 9.19. The van der Waals surface area contributed by atoms with Crippen molar-refractivity contribution in [2.75, 3.05) is 13.1 Å². The van der Waals surface area contributed by atoms with Gasteiger partial charge in [-0.3, -0.25) is 9.47 Å². The van der Waals surface area contributed by atoms with Crippen molar-refractivity contribution in [1.29, 1.82) is 5.26 Å². The highest BCUT2D eigenvalue weighted by atomic mass is 35.5. The molecule has 6 nitrogen and oxygen atoms in total. The molecule has 2 aromatic carbocycles. The molecule has 37 heavy (non-hydrogen) atoms. The van der Waals surface area contributed by atoms with Gasteiger partial charge >= 0.3 is 6.03 Å². The highest BCUT2D eigenvalue weighted by Gasteiger charge is 2.26. The summed E-state index contributed by atoms with van der Waals surface area (Å²) in [7, 11) is 0. The van der Waals surface area contributed by atoms with Gasteiger partial charge in [-0.25, -0.2) is 18.6 Å². The fraction of sp³-hybridized carbons (Fsp3) is 0.179. The second-order valence-electron chi connectivity index (χ2n) is 8.80. The second kappa shape index (κ2) is 10.5. The minimum absolute atomic E-state index is 0.282. The van der Waals surface area contributed by atoms with Crippen molar-refractivity contribution in [3.8, 4) is 6.07 Å². The molecular weight excluding hydrogens is 496 g/mol. The predicted molar refractivity (Wildman–Crippen MR) is 138 cm³/mol. The van der Waals surface area contributed by atoms with Crippen LogP contribution in [0.4, 0.5) is 13.6 Å². The van der Waals surface area contributed by atoms with Gasteiger partial charge in [0.1, 0.15) is 16.8 Å². The zero-order chi connectivity index (χ0) is 25.9. The van der Waals surface area contributed by atoms with Crippen LogP contribution in [0, 0.1) is 23.0 Å². The minimum Gasteiger partial charge on any atom is -0.333 e. The molecule has 0 fully saturated rings. The van der Waals surface area contributed by atoms with E-state index in [0.29, 0.717) is 47.9 Å². The van der Waals surface area contributed by atoms with Crippen LogP contribution >= 0.6 is 11.6 Å². The largest absolute Gasteiger partial charge is 0.333 e. The van der Waals surface area contributed by atoms with Crippen LogP contribution < -0.4 is 5.32 Å². The maximum atomic E-state index is 13.9. The Morgan fingerprint density at radius 3 is 2.84 bits per heavy atom. The topological polar surface area (TPSA) is 74.0 Å². The van der Waals surface area contributed by atoms with Crippen molar-refractivity contribution >= 4 is 34.6 Å². The number of amides is 1. The summed E-state index contributed by atoms with van der Waals surface area (Å²) in [6.07, 6.45) is 5.70. The highest BCUT2D eigenvalue weighted by Crippen LogP contribution is 2.31. The first-order valence-electron chi connectivity index (χ1n) is 11.7. The van der Waals surface area contributed by atoms with Gasteiger partial charge in [-0.1, -0.05) is 29.8 Å². The van der Waals surface area contributed by atoms with Crippen LogP contribution in [-0.4, -0.2) is 33.6 Å². The van der Waals surface area contributed by atoms with E-state index in [4.69, 9.17) is 11.6 Å². The summed E-state index contributed by atoms with van der Waals surface area (Å²) < 4.78 is 28.8. The Kier molecular flexibility index (Phi) is 6.99. The van der Waals surface area contributed by atoms with Gasteiger partial charge in [-0.15, -0.1) is 0 Å². The average molecular weight is 518 g/mol. The first-order valence-corrected chi connectivity index (χ1v) is 12.1. The molecule has 0 bridgehead atoms. The standard InChI is InChI=1S/C28H22ClF2N5O/c29-27-13-19(7-9-33-27)16-34-28(37)36-25-8-11-35(10-1-2-20-4-5-21(30)14-24(20)31)17-23(25)22-6-3-18(15-32)12-26(22)36/h1-7,9,12-14H,8,10-11,16-17H2,(H,34,37)/b2-1+. The molecule has 0 unspecified atom stereocenters. The van der Waals surface area contributed by atoms with Crippen LogP contribution in [0.25, 0.3) is 17.0 Å². The van der Waals surface area contributed by atoms with Gasteiger partial charge in [0, 0.05) is 61.5 Å². The molecule has 1 N–H and O–H groups in total. The van der Waals surface area contributed by atoms with Crippen LogP contribution in [-0.2, 0) is 19.5 Å². The lowest BCUT2D eigenvalue weighted by Gasteiger charge is -2.27. The first-order chi connectivity index (χ1) is 17.9. The van der Waals surface area contributed by atoms with Crippen molar-refractivity contribution in [3.05, 3.63) is 106 Å². The van der Waals surface area contributed by atoms with E-state index in [9.17, 15) is 18.8 Å². The molecule has 3 heterocycles. The lowest BCUT2D eigenvalue weighted by atomic mass is 10.0. The van der Waals surface area contributed by atoms with E-state index in [1.54, 1.807) is 41.1 Å². The van der Waals surface area contributed by atoms with Crippen molar-refractivity contribution < 1.29 is 13.6 Å². The van der Waals surface area contributed by atoms with E-state index in [1.807, 2.05) is 12.1 Å². The van der Waals surface area contributed by atoms with Crippen LogP contribution in [0.15, 0.2) is 60.8 Å². The lowest BCUT2D eigenvalue weighted by Crippen LogP contribution is -2.34. The molecule has 4 aromatic rings. The number of hydrogen-bond donors (Lipinski definition) is 1. The third-order valence-electron chi connectivity index (χ3n) is 6.42. The SMILES string of the molecule is N#Cc1ccc2c3c(n(C(=O)NCc4ccnc(Cl)c4)c2c1)CCN(C/C=C/c1ccc(F)cc1F)C3. The van der Waals surface area contributed by atoms with Crippen molar-refractivity contribution in [3.63, 3.8) is 0 Å². The summed E-state index contributed by atoms with van der Waals surface area (Å²) in [5.41, 5.74) is 4.23. The van der Waals surface area contributed by atoms with Crippen LogP contribution in [0.3, 0.4) is 0 Å². The molecule has 9 heteroatoms. The summed E-state index contributed by atoms with van der Waals surface area (Å²) in [4.78, 5) is 19.5. The monoisotopic (exact) mass is 517 g/mol. The quantitative estimate of drug-likeness (QED) is 0.346. The molecule has 1 amide bonds. The van der Waals surface area contributed by atoms with Gasteiger partial charge in [0.2, 0.25) is 0 Å². The van der Waals surface area contributed by atoms with E-state index in [1.165, 1.54) is 12.1 Å². The van der Waals surface area contributed by atoms with Crippen LogP contribution in [0.1, 0.15) is 27.9 Å². The van der Waals surface area contributed by atoms with Gasteiger partial charge in [0.05, 0.1) is 17.1 Å². The van der Waals surface area contributed by atoms with E-state index in [-0.39, 0.29) is 12.6 Å². The minimum atomic E-state index is -0.609. The molecule has 0 radical (unpaired) electrons. The number of nitriles is 1. The Labute approximate surface area is 217 Å². The van der Waals surface area contributed by atoms with Gasteiger partial charge in [-0.2, -0.15) is 5.26 Å². The number of fused-ring (bicyclic) bond motifs is 3. The van der Waals surface area contributed by atoms with Gasteiger partial charge < -0.3 is 5.32 Å². The van der Waals surface area contributed by atoms with E-state index < -0.39 is 11.6 Å². The Bertz CT molecular complexity index is 1570. The molecule has 0 aliphatic carbocycles. The number of pyridine rings is 1. The van der Waals surface area contributed by atoms with Crippen molar-refractivity contribution in [2.24, 2.45) is 0 Å². The average Bonchev–Trinajstić information content (AvgIpc) is 3.21. The fourth-order valence-corrected chi connectivity index (χ4v) is 4.84. The predicted octanol–water partition coefficient (Wildman–Crippen LogP) is 5.67. The molecule has 5 rings (SSSR count). The molecule has 0 saturated heterocycles. The number of nitrogens with one attached hydrogen (secondary N) is 1. The van der Waals surface area contributed by atoms with Crippen LogP contribution in [0.5, 0.6) is 0 Å². The number of aromatic nitrogens is 2. The van der Waals surface area contributed by atoms with Crippen molar-refractivity contribution in [1.82, 2.24) is 19.8 Å². The first kappa shape index (κ1) is 24.6. The van der Waals surface area contributed by atoms with E-state index >= 15 is 0 Å². The third-order valence-corrected chi connectivity index (χ3v) is 6.63. The fourth-order valence-electron chi connectivity index (χ4n) is 4.65. The molecular formula is C28H22ClF2N5O. The summed E-state index contributed by atoms with van der Waals surface area (Å²) in [6, 6.07) is 14.2. The lowest BCUT2D eigenvalue weighted by molar-refractivity contribution is 0.240. The number of halogens is 3. The Morgan fingerprint density at radius 1 is 1.19 bits per heavy atom. The Morgan fingerprint density at radius 2 is 2.05 bits per heavy atom. The molecule has 0 saturated carbocycles. The summed E-state index contributed by atoms with van der Waals surface area (Å²) in [6.45, 7) is 2.13. The number of rotatable bonds is 5. The normalized spacial score (nSPS) is 13.6. The van der Waals surface area contributed by atoms with E-state index in [2.05, 4.69) is 21.3 Å². The number of carbonyl (C=O) groups excluding carboxylic acids is 1. The zero-order valence-electron chi connectivity index (χ0n) is 19.7. The maximum absolute atomic E-state index is 13.9. The summed E-state index contributed by atoms with van der Waals surface area (Å²) in [5.74, 6) is -1.21. The summed E-state index contributed by atoms with van der Waals surface area (Å²) >= 11 is 5.96. The number of hydrogen-bond acceptors (Lipinski definition) is 4. The maximum Gasteiger partial charge on any atom is 0.326 e. The van der Waals surface area contributed by atoms with Gasteiger partial charge in [0.15, 0.2) is 0 Å². The number of carbonyl (C=O) groups is 1. The smallest absolute Gasteiger partial charge is 0.326 e. The molecule has 0 spiro atoms. The number of nitrogens with zero attached hydrogens (tertiary/aromatic N) is 4. The molecule has 1 aliphatic rings. The molecule has 2 aromatic heterocycles. The van der Waals surface area contributed by atoms with E-state index in [0.717, 1.165) is 28.3 Å². The Balaban J connectivity index is 1.39. The van der Waals surface area contributed by atoms with Crippen molar-refractivity contribution in [2.45, 2.75) is 19.5 Å². The number of benzene rings is 2. The molecule has 1 aliphatic heterocycles. The Hall–Kier alpha value is -4.06. The van der Waals surface area contributed by atoms with Crippen LogP contribution in [0.2, 0.25) is 5.15 Å².